The zero-order valence-electron chi connectivity index (χ0n) is 24.9. The van der Waals surface area contributed by atoms with Gasteiger partial charge >= 0.3 is 0 Å². The molecule has 226 valence electrons. The van der Waals surface area contributed by atoms with Crippen LogP contribution in [-0.4, -0.2) is 44.3 Å². The minimum Gasteiger partial charge on any atom is -0.354 e. The summed E-state index contributed by atoms with van der Waals surface area (Å²) in [6, 6.07) is 16.0. The highest BCUT2D eigenvalue weighted by atomic mass is 35.5. The molecule has 0 unspecified atom stereocenters. The van der Waals surface area contributed by atoms with Gasteiger partial charge in [-0.25, -0.2) is 8.42 Å². The van der Waals surface area contributed by atoms with Crippen molar-refractivity contribution in [1.82, 2.24) is 10.2 Å². The average Bonchev–Trinajstić information content (AvgIpc) is 2.92. The number of sulfonamides is 1. The molecular weight excluding hydrogens is 593 g/mol. The maximum atomic E-state index is 14.2. The highest BCUT2D eigenvalue weighted by Crippen LogP contribution is 2.29. The van der Waals surface area contributed by atoms with Crippen molar-refractivity contribution in [3.05, 3.63) is 93.0 Å². The molecule has 0 aliphatic carbocycles. The quantitative estimate of drug-likeness (QED) is 0.241. The predicted molar refractivity (Wildman–Crippen MR) is 171 cm³/mol. The van der Waals surface area contributed by atoms with E-state index in [0.717, 1.165) is 15.4 Å². The molecule has 3 aromatic rings. The first-order valence-corrected chi connectivity index (χ1v) is 16.1. The number of halogens is 2. The Hall–Kier alpha value is -3.07. The fraction of sp³-hybridized carbons (Fsp3) is 0.375. The highest BCUT2D eigenvalue weighted by molar-refractivity contribution is 7.92. The number of hydrogen-bond acceptors (Lipinski definition) is 4. The van der Waals surface area contributed by atoms with Gasteiger partial charge in [0.05, 0.1) is 10.6 Å². The minimum absolute atomic E-state index is 0.00621. The second-order valence-electron chi connectivity index (χ2n) is 10.9. The summed E-state index contributed by atoms with van der Waals surface area (Å²) < 4.78 is 29.3. The van der Waals surface area contributed by atoms with Gasteiger partial charge in [-0.3, -0.25) is 13.9 Å². The monoisotopic (exact) mass is 631 g/mol. The van der Waals surface area contributed by atoms with Crippen LogP contribution in [0.2, 0.25) is 10.0 Å². The SMILES string of the molecule is CC[C@H](C(=O)NCC(C)C)N(Cc1ccc(Cl)cc1Cl)C(=O)CN(c1ccc(C)cc1C)S(=O)(=O)c1ccc(C)cc1. The largest absolute Gasteiger partial charge is 0.354 e. The lowest BCUT2D eigenvalue weighted by Crippen LogP contribution is -2.52. The van der Waals surface area contributed by atoms with Crippen molar-refractivity contribution in [3.63, 3.8) is 0 Å². The average molecular weight is 633 g/mol. The Morgan fingerprint density at radius 1 is 0.905 bits per heavy atom. The molecule has 0 aliphatic heterocycles. The summed E-state index contributed by atoms with van der Waals surface area (Å²) in [7, 11) is -4.15. The molecule has 0 bridgehead atoms. The third-order valence-corrected chi connectivity index (χ3v) is 9.30. The molecule has 0 aromatic heterocycles. The molecule has 0 spiro atoms. The van der Waals surface area contributed by atoms with Gasteiger partial charge in [0.15, 0.2) is 0 Å². The Kier molecular flexibility index (Phi) is 11.5. The highest BCUT2D eigenvalue weighted by Gasteiger charge is 2.34. The van der Waals surface area contributed by atoms with E-state index in [1.807, 2.05) is 53.7 Å². The van der Waals surface area contributed by atoms with E-state index < -0.39 is 28.5 Å². The molecule has 42 heavy (non-hydrogen) atoms. The number of rotatable bonds is 12. The van der Waals surface area contributed by atoms with Crippen LogP contribution >= 0.6 is 23.2 Å². The van der Waals surface area contributed by atoms with Crippen molar-refractivity contribution < 1.29 is 18.0 Å². The zero-order chi connectivity index (χ0) is 31.2. The van der Waals surface area contributed by atoms with Crippen molar-refractivity contribution in [2.24, 2.45) is 5.92 Å². The fourth-order valence-electron chi connectivity index (χ4n) is 4.61. The molecule has 3 aromatic carbocycles. The number of carbonyl (C=O) groups excluding carboxylic acids is 2. The molecule has 7 nitrogen and oxygen atoms in total. The minimum atomic E-state index is -4.15. The second-order valence-corrected chi connectivity index (χ2v) is 13.6. The van der Waals surface area contributed by atoms with Crippen molar-refractivity contribution >= 4 is 50.7 Å². The molecule has 10 heteroatoms. The van der Waals surface area contributed by atoms with Crippen LogP contribution in [-0.2, 0) is 26.2 Å². The molecule has 1 N–H and O–H groups in total. The Morgan fingerprint density at radius 2 is 1.55 bits per heavy atom. The maximum absolute atomic E-state index is 14.2. The number of aryl methyl sites for hydroxylation is 3. The molecule has 0 radical (unpaired) electrons. The Bertz CT molecular complexity index is 1530. The van der Waals surface area contributed by atoms with E-state index in [1.54, 1.807) is 36.4 Å². The first-order chi connectivity index (χ1) is 19.7. The number of hydrogen-bond donors (Lipinski definition) is 1. The molecule has 0 aliphatic rings. The maximum Gasteiger partial charge on any atom is 0.264 e. The van der Waals surface area contributed by atoms with Crippen LogP contribution in [0.25, 0.3) is 0 Å². The molecule has 1 atom stereocenters. The van der Waals surface area contributed by atoms with Gasteiger partial charge in [0.2, 0.25) is 11.8 Å². The van der Waals surface area contributed by atoms with Crippen LogP contribution in [0.3, 0.4) is 0 Å². The van der Waals surface area contributed by atoms with Crippen LogP contribution in [0.4, 0.5) is 5.69 Å². The van der Waals surface area contributed by atoms with Gasteiger partial charge in [0.25, 0.3) is 10.0 Å². The first-order valence-electron chi connectivity index (χ1n) is 13.9. The summed E-state index contributed by atoms with van der Waals surface area (Å²) in [5, 5.41) is 3.70. The van der Waals surface area contributed by atoms with Crippen molar-refractivity contribution in [1.29, 1.82) is 0 Å². The second kappa shape index (κ2) is 14.4. The van der Waals surface area contributed by atoms with Gasteiger partial charge in [-0.15, -0.1) is 0 Å². The topological polar surface area (TPSA) is 86.8 Å². The van der Waals surface area contributed by atoms with Crippen molar-refractivity contribution in [2.45, 2.75) is 65.4 Å². The molecule has 0 fully saturated rings. The number of benzene rings is 3. The van der Waals surface area contributed by atoms with Gasteiger partial charge in [-0.2, -0.15) is 0 Å². The molecule has 0 saturated heterocycles. The van der Waals surface area contributed by atoms with Crippen LogP contribution in [0, 0.1) is 26.7 Å². The van der Waals surface area contributed by atoms with Crippen LogP contribution in [0.5, 0.6) is 0 Å². The number of carbonyl (C=O) groups is 2. The van der Waals surface area contributed by atoms with Gasteiger partial charge < -0.3 is 10.2 Å². The Balaban J connectivity index is 2.10. The molecule has 3 rings (SSSR count). The third kappa shape index (κ3) is 8.27. The van der Waals surface area contributed by atoms with E-state index >= 15 is 0 Å². The van der Waals surface area contributed by atoms with Crippen LogP contribution < -0.4 is 9.62 Å². The lowest BCUT2D eigenvalue weighted by atomic mass is 10.1. The van der Waals surface area contributed by atoms with E-state index in [-0.39, 0.29) is 23.3 Å². The summed E-state index contributed by atoms with van der Waals surface area (Å²) >= 11 is 12.6. The van der Waals surface area contributed by atoms with E-state index in [2.05, 4.69) is 5.32 Å². The molecule has 0 heterocycles. The van der Waals surface area contributed by atoms with Gasteiger partial charge in [0, 0.05) is 23.1 Å². The number of nitrogens with one attached hydrogen (secondary N) is 1. The van der Waals surface area contributed by atoms with Crippen LogP contribution in [0.1, 0.15) is 49.4 Å². The number of anilines is 1. The first kappa shape index (κ1) is 33.4. The van der Waals surface area contributed by atoms with E-state index in [0.29, 0.717) is 39.8 Å². The zero-order valence-corrected chi connectivity index (χ0v) is 27.3. The summed E-state index contributed by atoms with van der Waals surface area (Å²) in [5.41, 5.74) is 3.54. The molecular formula is C32H39Cl2N3O4S. The molecule has 2 amide bonds. The summed E-state index contributed by atoms with van der Waals surface area (Å²) in [5.74, 6) is -0.645. The van der Waals surface area contributed by atoms with Gasteiger partial charge in [0.1, 0.15) is 12.6 Å². The van der Waals surface area contributed by atoms with Crippen LogP contribution in [0.15, 0.2) is 65.6 Å². The lowest BCUT2D eigenvalue weighted by molar-refractivity contribution is -0.140. The summed E-state index contributed by atoms with van der Waals surface area (Å²) in [4.78, 5) is 29.1. The normalized spacial score (nSPS) is 12.2. The standard InChI is InChI=1S/C32H39Cl2N3O4S/c1-7-29(32(39)35-18-21(2)3)36(19-25-11-12-26(33)17-28(25)34)31(38)20-37(30-15-10-23(5)16-24(30)6)42(40,41)27-13-8-22(4)9-14-27/h8-17,21,29H,7,18-20H2,1-6H3,(H,35,39)/t29-/m1/s1. The van der Waals surface area contributed by atoms with Crippen molar-refractivity contribution in [3.8, 4) is 0 Å². The smallest absolute Gasteiger partial charge is 0.264 e. The molecule has 0 saturated carbocycles. The Morgan fingerprint density at radius 3 is 2.12 bits per heavy atom. The number of amides is 2. The Labute approximate surface area is 259 Å². The van der Waals surface area contributed by atoms with Gasteiger partial charge in [-0.1, -0.05) is 85.4 Å². The van der Waals surface area contributed by atoms with Crippen molar-refractivity contribution in [2.75, 3.05) is 17.4 Å². The fourth-order valence-corrected chi connectivity index (χ4v) is 6.56. The van der Waals surface area contributed by atoms with E-state index in [1.165, 1.54) is 17.0 Å². The summed E-state index contributed by atoms with van der Waals surface area (Å²) in [6.45, 7) is 11.3. The predicted octanol–water partition coefficient (Wildman–Crippen LogP) is 6.69. The van der Waals surface area contributed by atoms with E-state index in [4.69, 9.17) is 23.2 Å². The lowest BCUT2D eigenvalue weighted by Gasteiger charge is -2.34. The number of nitrogens with zero attached hydrogens (tertiary/aromatic N) is 2. The van der Waals surface area contributed by atoms with E-state index in [9.17, 15) is 18.0 Å². The third-order valence-electron chi connectivity index (χ3n) is 6.94. The van der Waals surface area contributed by atoms with Gasteiger partial charge in [-0.05, 0) is 74.6 Å². The summed E-state index contributed by atoms with van der Waals surface area (Å²) in [6.07, 6.45) is 0.315.